The van der Waals surface area contributed by atoms with Gasteiger partial charge in [0.25, 0.3) is 0 Å². The summed E-state index contributed by atoms with van der Waals surface area (Å²) >= 11 is 0. The van der Waals surface area contributed by atoms with Crippen LogP contribution in [0.15, 0.2) is 0 Å². The molecule has 160 valence electrons. The predicted molar refractivity (Wildman–Crippen MR) is 119 cm³/mol. The second kappa shape index (κ2) is 9.40. The topological polar surface area (TPSA) is 71.0 Å². The van der Waals surface area contributed by atoms with Crippen LogP contribution in [0.2, 0.25) is 0 Å². The van der Waals surface area contributed by atoms with Crippen molar-refractivity contribution in [1.29, 1.82) is 0 Å². The zero-order chi connectivity index (χ0) is 21.9. The Balaban J connectivity index is 1.84. The van der Waals surface area contributed by atoms with Gasteiger partial charge in [0.1, 0.15) is 23.9 Å². The highest BCUT2D eigenvalue weighted by atomic mass is 16.5. The molecule has 0 bridgehead atoms. The molecule has 2 aromatic carbocycles. The minimum atomic E-state index is 0.347. The van der Waals surface area contributed by atoms with Crippen LogP contribution in [-0.2, 0) is 4.74 Å². The van der Waals surface area contributed by atoms with Crippen LogP contribution in [0, 0.1) is 55.4 Å². The lowest BCUT2D eigenvalue weighted by molar-refractivity contribution is 0.107. The van der Waals surface area contributed by atoms with Crippen LogP contribution >= 0.6 is 0 Å². The SMILES string of the molecule is Cc1c(C)c(NCCOCCOc2c(C)c(C)c(O)c(C)c2C)c(C)c(C)c1O. The van der Waals surface area contributed by atoms with Crippen molar-refractivity contribution < 1.29 is 19.7 Å². The van der Waals surface area contributed by atoms with E-state index in [9.17, 15) is 10.2 Å². The minimum Gasteiger partial charge on any atom is -0.507 e. The first kappa shape index (κ1) is 22.9. The first-order valence-electron chi connectivity index (χ1n) is 10.1. The molecule has 0 saturated heterocycles. The Morgan fingerprint density at radius 1 is 0.586 bits per heavy atom. The molecular weight excluding hydrogens is 366 g/mol. The normalized spacial score (nSPS) is 11.0. The van der Waals surface area contributed by atoms with Crippen LogP contribution in [0.5, 0.6) is 17.2 Å². The summed E-state index contributed by atoms with van der Waals surface area (Å²) in [5, 5.41) is 23.7. The van der Waals surface area contributed by atoms with E-state index in [0.29, 0.717) is 37.9 Å². The summed E-state index contributed by atoms with van der Waals surface area (Å²) in [6, 6.07) is 0. The van der Waals surface area contributed by atoms with E-state index >= 15 is 0 Å². The molecular formula is C24H35NO4. The maximum atomic E-state index is 10.2. The van der Waals surface area contributed by atoms with Gasteiger partial charge in [-0.15, -0.1) is 0 Å². The van der Waals surface area contributed by atoms with Crippen LogP contribution in [-0.4, -0.2) is 36.6 Å². The maximum Gasteiger partial charge on any atom is 0.126 e. The Hall–Kier alpha value is -2.40. The standard InChI is InChI=1S/C24H35NO4/c1-13-15(3)22(26)16(4)14(2)21(13)25-9-10-28-11-12-29-24-19(7)17(5)23(27)18(6)20(24)8/h25-27H,9-12H2,1-8H3. The van der Waals surface area contributed by atoms with Gasteiger partial charge in [-0.2, -0.15) is 0 Å². The number of hydrogen-bond acceptors (Lipinski definition) is 5. The Labute approximate surface area is 174 Å². The predicted octanol–water partition coefficient (Wildman–Crippen LogP) is 5.07. The molecule has 0 aliphatic rings. The number of hydrogen-bond donors (Lipinski definition) is 3. The van der Waals surface area contributed by atoms with Crippen molar-refractivity contribution >= 4 is 5.69 Å². The van der Waals surface area contributed by atoms with E-state index in [2.05, 4.69) is 5.32 Å². The van der Waals surface area contributed by atoms with Crippen molar-refractivity contribution in [3.63, 3.8) is 0 Å². The summed E-state index contributed by atoms with van der Waals surface area (Å²) in [5.41, 5.74) is 8.68. The molecule has 0 radical (unpaired) electrons. The summed E-state index contributed by atoms with van der Waals surface area (Å²) in [6.07, 6.45) is 0. The Kier molecular flexibility index (Phi) is 7.42. The monoisotopic (exact) mass is 401 g/mol. The quantitative estimate of drug-likeness (QED) is 0.425. The Morgan fingerprint density at radius 2 is 1.03 bits per heavy atom. The number of nitrogens with one attached hydrogen (secondary N) is 1. The number of phenols is 2. The van der Waals surface area contributed by atoms with E-state index in [1.165, 1.54) is 0 Å². The van der Waals surface area contributed by atoms with E-state index < -0.39 is 0 Å². The summed E-state index contributed by atoms with van der Waals surface area (Å²) in [4.78, 5) is 0. The van der Waals surface area contributed by atoms with Crippen molar-refractivity contribution in [3.8, 4) is 17.2 Å². The van der Waals surface area contributed by atoms with Crippen molar-refractivity contribution in [2.45, 2.75) is 55.4 Å². The van der Waals surface area contributed by atoms with Gasteiger partial charge < -0.3 is 25.0 Å². The highest BCUT2D eigenvalue weighted by molar-refractivity contribution is 5.66. The van der Waals surface area contributed by atoms with Crippen LogP contribution in [0.4, 0.5) is 5.69 Å². The van der Waals surface area contributed by atoms with Crippen LogP contribution < -0.4 is 10.1 Å². The largest absolute Gasteiger partial charge is 0.507 e. The first-order valence-corrected chi connectivity index (χ1v) is 10.1. The van der Waals surface area contributed by atoms with Crippen LogP contribution in [0.1, 0.15) is 44.5 Å². The fourth-order valence-corrected chi connectivity index (χ4v) is 3.59. The molecule has 0 aliphatic carbocycles. The van der Waals surface area contributed by atoms with Gasteiger partial charge in [0.05, 0.1) is 13.2 Å². The van der Waals surface area contributed by atoms with Crippen LogP contribution in [0.3, 0.4) is 0 Å². The average Bonchev–Trinajstić information content (AvgIpc) is 2.71. The Bertz CT molecular complexity index is 771. The van der Waals surface area contributed by atoms with Crippen molar-refractivity contribution in [1.82, 2.24) is 0 Å². The number of rotatable bonds is 8. The second-order valence-electron chi connectivity index (χ2n) is 7.79. The summed E-state index contributed by atoms with van der Waals surface area (Å²) in [5.74, 6) is 1.56. The Morgan fingerprint density at radius 3 is 1.52 bits per heavy atom. The molecule has 0 unspecified atom stereocenters. The van der Waals surface area contributed by atoms with Gasteiger partial charge in [-0.05, 0) is 99.9 Å². The van der Waals surface area contributed by atoms with Crippen molar-refractivity contribution in [2.75, 3.05) is 31.7 Å². The van der Waals surface area contributed by atoms with Crippen molar-refractivity contribution in [3.05, 3.63) is 44.5 Å². The molecule has 0 spiro atoms. The lowest BCUT2D eigenvalue weighted by Crippen LogP contribution is -2.15. The van der Waals surface area contributed by atoms with Crippen LogP contribution in [0.25, 0.3) is 0 Å². The van der Waals surface area contributed by atoms with Gasteiger partial charge in [-0.3, -0.25) is 0 Å². The van der Waals surface area contributed by atoms with Gasteiger partial charge >= 0.3 is 0 Å². The molecule has 0 saturated carbocycles. The average molecular weight is 402 g/mol. The summed E-state index contributed by atoms with van der Waals surface area (Å²) in [7, 11) is 0. The lowest BCUT2D eigenvalue weighted by atomic mass is 9.97. The van der Waals surface area contributed by atoms with Gasteiger partial charge in [0, 0.05) is 12.2 Å². The maximum absolute atomic E-state index is 10.2. The van der Waals surface area contributed by atoms with Gasteiger partial charge in [-0.25, -0.2) is 0 Å². The molecule has 0 heterocycles. The fourth-order valence-electron chi connectivity index (χ4n) is 3.59. The second-order valence-corrected chi connectivity index (χ2v) is 7.79. The molecule has 2 rings (SSSR count). The zero-order valence-corrected chi connectivity index (χ0v) is 19.0. The number of anilines is 1. The molecule has 0 amide bonds. The molecule has 3 N–H and O–H groups in total. The van der Waals surface area contributed by atoms with E-state index in [1.807, 2.05) is 55.4 Å². The van der Waals surface area contributed by atoms with Crippen molar-refractivity contribution in [2.24, 2.45) is 0 Å². The number of benzene rings is 2. The summed E-state index contributed by atoms with van der Waals surface area (Å²) < 4.78 is 11.7. The molecule has 0 aromatic heterocycles. The highest BCUT2D eigenvalue weighted by Gasteiger charge is 2.15. The van der Waals surface area contributed by atoms with E-state index in [1.54, 1.807) is 0 Å². The number of ether oxygens (including phenoxy) is 2. The third-order valence-corrected chi connectivity index (χ3v) is 6.12. The lowest BCUT2D eigenvalue weighted by Gasteiger charge is -2.19. The fraction of sp³-hybridized carbons (Fsp3) is 0.500. The van der Waals surface area contributed by atoms with E-state index in [0.717, 1.165) is 55.9 Å². The molecule has 0 fully saturated rings. The highest BCUT2D eigenvalue weighted by Crippen LogP contribution is 2.36. The number of aromatic hydroxyl groups is 2. The van der Waals surface area contributed by atoms with Gasteiger partial charge in [-0.1, -0.05) is 0 Å². The molecule has 5 heteroatoms. The zero-order valence-electron chi connectivity index (χ0n) is 19.0. The molecule has 2 aromatic rings. The first-order chi connectivity index (χ1) is 13.6. The van der Waals surface area contributed by atoms with Gasteiger partial charge in [0.2, 0.25) is 0 Å². The molecule has 5 nitrogen and oxygen atoms in total. The summed E-state index contributed by atoms with van der Waals surface area (Å²) in [6.45, 7) is 17.8. The third-order valence-electron chi connectivity index (χ3n) is 6.12. The molecule has 29 heavy (non-hydrogen) atoms. The molecule has 0 aliphatic heterocycles. The third kappa shape index (κ3) is 4.61. The van der Waals surface area contributed by atoms with Gasteiger partial charge in [0.15, 0.2) is 0 Å². The van der Waals surface area contributed by atoms with E-state index in [-0.39, 0.29) is 0 Å². The molecule has 0 atom stereocenters. The number of phenolic OH excluding ortho intramolecular Hbond substituents is 2. The minimum absolute atomic E-state index is 0.347. The van der Waals surface area contributed by atoms with E-state index in [4.69, 9.17) is 9.47 Å². The smallest absolute Gasteiger partial charge is 0.126 e.